The minimum absolute atomic E-state index is 0.0860. The summed E-state index contributed by atoms with van der Waals surface area (Å²) in [7, 11) is 0. The Kier molecular flexibility index (Phi) is 6.34. The molecule has 1 amide bonds. The van der Waals surface area contributed by atoms with Gasteiger partial charge in [-0.1, -0.05) is 0 Å². The van der Waals surface area contributed by atoms with Gasteiger partial charge in [0.1, 0.15) is 0 Å². The van der Waals surface area contributed by atoms with Crippen molar-refractivity contribution < 1.29 is 9.53 Å². The van der Waals surface area contributed by atoms with Gasteiger partial charge in [-0.3, -0.25) is 14.7 Å². The molecule has 3 heterocycles. The van der Waals surface area contributed by atoms with E-state index >= 15 is 0 Å². The van der Waals surface area contributed by atoms with Gasteiger partial charge in [0.15, 0.2) is 5.13 Å². The lowest BCUT2D eigenvalue weighted by Gasteiger charge is -2.22. The molecule has 0 aliphatic carbocycles. The fourth-order valence-corrected chi connectivity index (χ4v) is 4.30. The summed E-state index contributed by atoms with van der Waals surface area (Å²) in [5.74, 6) is 0.374. The zero-order valence-electron chi connectivity index (χ0n) is 15.6. The zero-order chi connectivity index (χ0) is 18.5. The number of thiazole rings is 1. The largest absolute Gasteiger partial charge is 0.380 e. The molecule has 0 radical (unpaired) electrons. The molecule has 7 heteroatoms. The van der Waals surface area contributed by atoms with Crippen molar-refractivity contribution >= 4 is 22.4 Å². The predicted molar refractivity (Wildman–Crippen MR) is 103 cm³/mol. The first-order chi connectivity index (χ1) is 12.5. The molecule has 1 aliphatic heterocycles. The molecule has 140 valence electrons. The zero-order valence-corrected chi connectivity index (χ0v) is 16.4. The van der Waals surface area contributed by atoms with Crippen LogP contribution in [0.3, 0.4) is 0 Å². The molecule has 0 saturated carbocycles. The molecule has 1 aliphatic rings. The number of aryl methyl sites for hydroxylation is 2. The molecule has 2 aromatic heterocycles. The molecule has 1 fully saturated rings. The minimum Gasteiger partial charge on any atom is -0.380 e. The van der Waals surface area contributed by atoms with Gasteiger partial charge in [-0.15, -0.1) is 11.3 Å². The second-order valence-corrected chi connectivity index (χ2v) is 8.07. The summed E-state index contributed by atoms with van der Waals surface area (Å²) < 4.78 is 5.84. The molecule has 0 unspecified atom stereocenters. The number of nitrogens with one attached hydrogen (secondary N) is 1. The van der Waals surface area contributed by atoms with E-state index in [1.165, 1.54) is 23.8 Å². The van der Waals surface area contributed by atoms with Gasteiger partial charge in [-0.2, -0.15) is 0 Å². The third-order valence-electron chi connectivity index (χ3n) is 4.30. The first kappa shape index (κ1) is 18.9. The van der Waals surface area contributed by atoms with Crippen LogP contribution in [0.15, 0.2) is 18.3 Å². The Bertz CT molecular complexity index is 741. The van der Waals surface area contributed by atoms with Crippen LogP contribution in [0, 0.1) is 19.8 Å². The SMILES string of the molecule is CC(=O)Nc1ncc(CN2CCOC[C@@H](Cc3cc(C)nc(C)c3)C2)s1. The van der Waals surface area contributed by atoms with Crippen molar-refractivity contribution in [2.24, 2.45) is 5.92 Å². The number of amides is 1. The lowest BCUT2D eigenvalue weighted by molar-refractivity contribution is -0.114. The number of pyridine rings is 1. The molecular formula is C19H26N4O2S. The van der Waals surface area contributed by atoms with E-state index in [4.69, 9.17) is 4.74 Å². The van der Waals surface area contributed by atoms with Crippen molar-refractivity contribution in [2.75, 3.05) is 31.6 Å². The maximum Gasteiger partial charge on any atom is 0.223 e. The number of carbonyl (C=O) groups is 1. The van der Waals surface area contributed by atoms with Crippen LogP contribution in [0.5, 0.6) is 0 Å². The average molecular weight is 375 g/mol. The monoisotopic (exact) mass is 374 g/mol. The topological polar surface area (TPSA) is 67.4 Å². The number of hydrogen-bond donors (Lipinski definition) is 1. The third-order valence-corrected chi connectivity index (χ3v) is 5.20. The summed E-state index contributed by atoms with van der Waals surface area (Å²) in [6, 6.07) is 4.34. The maximum atomic E-state index is 11.1. The number of rotatable bonds is 5. The molecule has 0 bridgehead atoms. The molecule has 0 spiro atoms. The molecule has 26 heavy (non-hydrogen) atoms. The summed E-state index contributed by atoms with van der Waals surface area (Å²) >= 11 is 1.54. The Morgan fingerprint density at radius 3 is 2.88 bits per heavy atom. The highest BCUT2D eigenvalue weighted by Gasteiger charge is 2.20. The molecular weight excluding hydrogens is 348 g/mol. The summed E-state index contributed by atoms with van der Waals surface area (Å²) in [6.45, 7) is 9.88. The number of hydrogen-bond acceptors (Lipinski definition) is 6. The van der Waals surface area contributed by atoms with Crippen molar-refractivity contribution in [1.82, 2.24) is 14.9 Å². The number of nitrogens with zero attached hydrogens (tertiary/aromatic N) is 3. The van der Waals surface area contributed by atoms with E-state index in [2.05, 4.69) is 32.3 Å². The molecule has 1 N–H and O–H groups in total. The van der Waals surface area contributed by atoms with E-state index < -0.39 is 0 Å². The average Bonchev–Trinajstić information content (AvgIpc) is 2.84. The minimum atomic E-state index is -0.0860. The predicted octanol–water partition coefficient (Wildman–Crippen LogP) is 2.80. The van der Waals surface area contributed by atoms with Crippen LogP contribution in [0.25, 0.3) is 0 Å². The number of ether oxygens (including phenoxy) is 1. The van der Waals surface area contributed by atoms with Crippen LogP contribution >= 0.6 is 11.3 Å². The third kappa shape index (κ3) is 5.59. The number of carbonyl (C=O) groups excluding carboxylic acids is 1. The summed E-state index contributed by atoms with van der Waals surface area (Å²) in [5.41, 5.74) is 3.47. The quantitative estimate of drug-likeness (QED) is 0.872. The van der Waals surface area contributed by atoms with Gasteiger partial charge < -0.3 is 10.1 Å². The van der Waals surface area contributed by atoms with Crippen molar-refractivity contribution in [1.29, 1.82) is 0 Å². The number of aromatic nitrogens is 2. The Morgan fingerprint density at radius 2 is 2.15 bits per heavy atom. The van der Waals surface area contributed by atoms with Gasteiger partial charge in [0, 0.05) is 49.0 Å². The van der Waals surface area contributed by atoms with E-state index in [1.54, 1.807) is 0 Å². The van der Waals surface area contributed by atoms with E-state index in [9.17, 15) is 4.79 Å². The van der Waals surface area contributed by atoms with Gasteiger partial charge in [0.25, 0.3) is 0 Å². The molecule has 2 aromatic rings. The van der Waals surface area contributed by atoms with Gasteiger partial charge in [0.2, 0.25) is 5.91 Å². The lowest BCUT2D eigenvalue weighted by Crippen LogP contribution is -2.30. The smallest absolute Gasteiger partial charge is 0.223 e. The van der Waals surface area contributed by atoms with Crippen molar-refractivity contribution in [3.8, 4) is 0 Å². The van der Waals surface area contributed by atoms with Gasteiger partial charge in [-0.25, -0.2) is 4.98 Å². The first-order valence-electron chi connectivity index (χ1n) is 8.94. The van der Waals surface area contributed by atoms with Crippen molar-refractivity contribution in [2.45, 2.75) is 33.7 Å². The molecule has 6 nitrogen and oxygen atoms in total. The molecule has 1 atom stereocenters. The van der Waals surface area contributed by atoms with Crippen LogP contribution in [-0.4, -0.2) is 47.1 Å². The first-order valence-corrected chi connectivity index (χ1v) is 9.76. The highest BCUT2D eigenvalue weighted by molar-refractivity contribution is 7.15. The van der Waals surface area contributed by atoms with Crippen LogP contribution in [0.1, 0.15) is 28.8 Å². The molecule has 3 rings (SSSR count). The normalized spacial score (nSPS) is 18.5. The highest BCUT2D eigenvalue weighted by Crippen LogP contribution is 2.22. The van der Waals surface area contributed by atoms with Gasteiger partial charge in [0.05, 0.1) is 13.2 Å². The Morgan fingerprint density at radius 1 is 1.38 bits per heavy atom. The van der Waals surface area contributed by atoms with E-state index in [0.29, 0.717) is 11.0 Å². The highest BCUT2D eigenvalue weighted by atomic mass is 32.1. The Labute approximate surface area is 158 Å². The second-order valence-electron chi connectivity index (χ2n) is 6.95. The molecule has 0 aromatic carbocycles. The summed E-state index contributed by atoms with van der Waals surface area (Å²) in [5, 5.41) is 3.41. The van der Waals surface area contributed by atoms with Crippen molar-refractivity contribution in [3.05, 3.63) is 40.2 Å². The van der Waals surface area contributed by atoms with Crippen LogP contribution < -0.4 is 5.32 Å². The maximum absolute atomic E-state index is 11.1. The molecule has 1 saturated heterocycles. The Hall–Kier alpha value is -1.83. The Balaban J connectivity index is 1.61. The van der Waals surface area contributed by atoms with E-state index in [0.717, 1.165) is 55.5 Å². The fourth-order valence-electron chi connectivity index (χ4n) is 3.40. The fraction of sp³-hybridized carbons (Fsp3) is 0.526. The van der Waals surface area contributed by atoms with Gasteiger partial charge in [-0.05, 0) is 43.9 Å². The summed E-state index contributed by atoms with van der Waals surface area (Å²) in [4.78, 5) is 23.5. The number of anilines is 1. The van der Waals surface area contributed by atoms with Gasteiger partial charge >= 0.3 is 0 Å². The van der Waals surface area contributed by atoms with E-state index in [-0.39, 0.29) is 5.91 Å². The van der Waals surface area contributed by atoms with Crippen LogP contribution in [0.2, 0.25) is 0 Å². The van der Waals surface area contributed by atoms with Crippen LogP contribution in [0.4, 0.5) is 5.13 Å². The van der Waals surface area contributed by atoms with E-state index in [1.807, 2.05) is 20.0 Å². The lowest BCUT2D eigenvalue weighted by atomic mass is 9.99. The second kappa shape index (κ2) is 8.70. The summed E-state index contributed by atoms with van der Waals surface area (Å²) in [6.07, 6.45) is 2.85. The standard InChI is InChI=1S/C19H26N4O2S/c1-13-6-16(7-14(2)21-13)8-17-10-23(4-5-25-12-17)11-18-9-20-19(26-18)22-15(3)24/h6-7,9,17H,4-5,8,10-12H2,1-3H3,(H,20,22,24)/t17-/m0/s1. The van der Waals surface area contributed by atoms with Crippen LogP contribution in [-0.2, 0) is 22.5 Å². The van der Waals surface area contributed by atoms with Crippen molar-refractivity contribution in [3.63, 3.8) is 0 Å².